The number of cyclic esters (lactones) is 1. The maximum absolute atomic E-state index is 16.0. The molecule has 0 saturated carbocycles. The van der Waals surface area contributed by atoms with Crippen LogP contribution in [-0.2, 0) is 34.0 Å². The third-order valence-electron chi connectivity index (χ3n) is 11.4. The van der Waals surface area contributed by atoms with E-state index in [9.17, 15) is 9.90 Å². The van der Waals surface area contributed by atoms with Crippen LogP contribution in [0.1, 0.15) is 40.4 Å². The number of anilines is 2. The fourth-order valence-electron chi connectivity index (χ4n) is 9.17. The fraction of sp³-hybridized carbons (Fsp3) is 0.239. The van der Waals surface area contributed by atoms with Gasteiger partial charge in [-0.25, -0.2) is 14.7 Å². The van der Waals surface area contributed by atoms with E-state index in [4.69, 9.17) is 18.9 Å². The van der Waals surface area contributed by atoms with Gasteiger partial charge in [0.1, 0.15) is 36.5 Å². The highest BCUT2D eigenvalue weighted by Crippen LogP contribution is 2.66. The Kier molecular flexibility index (Phi) is 10.6. The summed E-state index contributed by atoms with van der Waals surface area (Å²) in [7, 11) is 1.47. The molecule has 3 aliphatic heterocycles. The Morgan fingerprint density at radius 1 is 0.817 bits per heavy atom. The number of imide groups is 1. The number of fused-ring (bicyclic) bond motifs is 4. The van der Waals surface area contributed by atoms with Gasteiger partial charge in [-0.2, -0.15) is 0 Å². The van der Waals surface area contributed by atoms with Crippen molar-refractivity contribution >= 4 is 56.2 Å². The number of esters is 1. The van der Waals surface area contributed by atoms with Crippen molar-refractivity contribution in [2.75, 3.05) is 43.8 Å². The van der Waals surface area contributed by atoms with Crippen LogP contribution in [0.2, 0.25) is 0 Å². The van der Waals surface area contributed by atoms with Crippen molar-refractivity contribution in [3.05, 3.63) is 156 Å². The second kappa shape index (κ2) is 16.3. The zero-order chi connectivity index (χ0) is 41.4. The largest absolute Gasteiger partial charge is 0.491 e. The Morgan fingerprint density at radius 2 is 1.52 bits per heavy atom. The molecule has 14 heteroatoms. The summed E-state index contributed by atoms with van der Waals surface area (Å²) >= 11 is 1.26. The third kappa shape index (κ3) is 6.48. The van der Waals surface area contributed by atoms with Gasteiger partial charge in [0.25, 0.3) is 0 Å². The second-order valence-electron chi connectivity index (χ2n) is 14.7. The lowest BCUT2D eigenvalue weighted by Gasteiger charge is -2.46. The van der Waals surface area contributed by atoms with Crippen molar-refractivity contribution in [3.63, 3.8) is 0 Å². The van der Waals surface area contributed by atoms with Crippen LogP contribution in [-0.4, -0.2) is 78.4 Å². The van der Waals surface area contributed by atoms with Gasteiger partial charge in [0.05, 0.1) is 47.1 Å². The average molecular weight is 825 g/mol. The summed E-state index contributed by atoms with van der Waals surface area (Å²) in [4.78, 5) is 68.5. The molecule has 0 bridgehead atoms. The average Bonchev–Trinajstić information content (AvgIpc) is 3.92. The molecule has 6 aromatic rings. The summed E-state index contributed by atoms with van der Waals surface area (Å²) in [6, 6.07) is 36.9. The summed E-state index contributed by atoms with van der Waals surface area (Å²) in [6.07, 6.45) is -1.85. The number of rotatable bonds is 11. The van der Waals surface area contributed by atoms with E-state index in [0.717, 1.165) is 15.2 Å². The van der Waals surface area contributed by atoms with E-state index in [1.807, 2.05) is 95.9 Å². The first-order valence-electron chi connectivity index (χ1n) is 19.5. The van der Waals surface area contributed by atoms with Crippen molar-refractivity contribution in [1.29, 1.82) is 0 Å². The molecule has 1 aromatic heterocycles. The summed E-state index contributed by atoms with van der Waals surface area (Å²) in [5.41, 5.74) is 1.25. The van der Waals surface area contributed by atoms with Crippen LogP contribution in [0.3, 0.4) is 0 Å². The molecule has 13 nitrogen and oxygen atoms in total. The van der Waals surface area contributed by atoms with Gasteiger partial charge in [-0.3, -0.25) is 19.3 Å². The number of carbonyl (C=O) groups is 4. The fourth-order valence-corrected chi connectivity index (χ4v) is 10.0. The Labute approximate surface area is 349 Å². The van der Waals surface area contributed by atoms with Gasteiger partial charge < -0.3 is 29.4 Å². The molecule has 3 aliphatic rings. The molecule has 4 heterocycles. The van der Waals surface area contributed by atoms with Gasteiger partial charge in [0, 0.05) is 7.11 Å². The Balaban J connectivity index is 1.33. The van der Waals surface area contributed by atoms with E-state index in [2.05, 4.69) is 10.3 Å². The molecule has 304 valence electrons. The van der Waals surface area contributed by atoms with Gasteiger partial charge in [-0.05, 0) is 52.6 Å². The summed E-state index contributed by atoms with van der Waals surface area (Å²) in [5.74, 6) is -3.26. The monoisotopic (exact) mass is 824 g/mol. The molecule has 2 fully saturated rings. The van der Waals surface area contributed by atoms with E-state index >= 15 is 14.4 Å². The van der Waals surface area contributed by atoms with E-state index in [-0.39, 0.29) is 37.2 Å². The number of carbonyl (C=O) groups excluding carboxylic acids is 4. The van der Waals surface area contributed by atoms with Crippen LogP contribution in [0.4, 0.5) is 15.6 Å². The Hall–Kier alpha value is -6.45. The number of aliphatic hydroxyl groups is 1. The maximum atomic E-state index is 16.0. The molecule has 0 aliphatic carbocycles. The molecule has 1 spiro atoms. The smallest absolute Gasteiger partial charge is 0.421 e. The number of amides is 3. The Bertz CT molecular complexity index is 2540. The zero-order valence-corrected chi connectivity index (χ0v) is 33.2. The summed E-state index contributed by atoms with van der Waals surface area (Å²) in [6.45, 7) is -0.305. The lowest BCUT2D eigenvalue weighted by molar-refractivity contribution is -0.177. The first-order valence-corrected chi connectivity index (χ1v) is 20.4. The Morgan fingerprint density at radius 3 is 2.27 bits per heavy atom. The van der Waals surface area contributed by atoms with Crippen LogP contribution < -0.4 is 15.0 Å². The minimum Gasteiger partial charge on any atom is -0.491 e. The highest BCUT2D eigenvalue weighted by molar-refractivity contribution is 7.22. The van der Waals surface area contributed by atoms with Crippen LogP contribution in [0.5, 0.6) is 5.75 Å². The number of nitrogens with zero attached hydrogens (tertiary/aromatic N) is 3. The lowest BCUT2D eigenvalue weighted by atomic mass is 9.65. The lowest BCUT2D eigenvalue weighted by Crippen LogP contribution is -2.54. The number of aliphatic hydroxyl groups excluding tert-OH is 1. The molecule has 0 unspecified atom stereocenters. The van der Waals surface area contributed by atoms with Crippen LogP contribution in [0.25, 0.3) is 10.2 Å². The van der Waals surface area contributed by atoms with Crippen molar-refractivity contribution in [2.24, 2.45) is 5.92 Å². The number of para-hydroxylation sites is 2. The summed E-state index contributed by atoms with van der Waals surface area (Å²) in [5, 5.41) is 13.0. The van der Waals surface area contributed by atoms with E-state index in [1.165, 1.54) is 18.4 Å². The molecule has 2 saturated heterocycles. The molecular weight excluding hydrogens is 785 g/mol. The predicted octanol–water partition coefficient (Wildman–Crippen LogP) is 6.75. The van der Waals surface area contributed by atoms with Gasteiger partial charge >= 0.3 is 12.1 Å². The quantitative estimate of drug-likeness (QED) is 0.105. The van der Waals surface area contributed by atoms with Crippen LogP contribution in [0.15, 0.2) is 133 Å². The third-order valence-corrected chi connectivity index (χ3v) is 12.4. The van der Waals surface area contributed by atoms with Crippen LogP contribution >= 0.6 is 11.3 Å². The summed E-state index contributed by atoms with van der Waals surface area (Å²) < 4.78 is 24.0. The number of aromatic nitrogens is 1. The maximum Gasteiger partial charge on any atom is 0.421 e. The first kappa shape index (κ1) is 39.0. The van der Waals surface area contributed by atoms with Crippen molar-refractivity contribution in [3.8, 4) is 5.75 Å². The van der Waals surface area contributed by atoms with E-state index in [0.29, 0.717) is 28.0 Å². The highest BCUT2D eigenvalue weighted by Gasteiger charge is 2.75. The number of ether oxygens (including phenoxy) is 4. The van der Waals surface area contributed by atoms with Crippen molar-refractivity contribution in [1.82, 2.24) is 9.88 Å². The molecule has 2 N–H and O–H groups in total. The minimum atomic E-state index is -1.96. The molecule has 5 aromatic carbocycles. The minimum absolute atomic E-state index is 0.00327. The van der Waals surface area contributed by atoms with Gasteiger partial charge in [0.15, 0.2) is 5.13 Å². The number of nitrogens with one attached hydrogen (secondary N) is 1. The van der Waals surface area contributed by atoms with Gasteiger partial charge in [0.2, 0.25) is 11.8 Å². The number of morpholine rings is 1. The van der Waals surface area contributed by atoms with Crippen molar-refractivity contribution in [2.45, 2.75) is 29.6 Å². The topological polar surface area (TPSA) is 157 Å². The van der Waals surface area contributed by atoms with E-state index < -0.39 is 59.4 Å². The molecule has 3 amide bonds. The highest BCUT2D eigenvalue weighted by atomic mass is 32.1. The predicted molar refractivity (Wildman–Crippen MR) is 222 cm³/mol. The second-order valence-corrected chi connectivity index (χ2v) is 15.7. The number of methoxy groups -OCH3 is 1. The number of hydrogen-bond acceptors (Lipinski definition) is 12. The molecule has 60 heavy (non-hydrogen) atoms. The van der Waals surface area contributed by atoms with E-state index in [1.54, 1.807) is 42.5 Å². The molecular formula is C46H40N4O9S. The number of thiazole rings is 1. The molecule has 9 rings (SSSR count). The SMILES string of the molecule is COCCOC(=O)N1C(=O)[C@@]2(c3ccccc31)[C@H](C(=O)Nc1nc3ccccc3s1)[C@H]1C(=O)O[C@H](c3ccccc3)[C@H](c3ccccc3)N1[C@@H]2c1cccc(OCCO)c1. The number of hydrogen-bond donors (Lipinski definition) is 2. The molecule has 0 radical (unpaired) electrons. The van der Waals surface area contributed by atoms with Crippen LogP contribution in [0, 0.1) is 5.92 Å². The molecule has 6 atom stereocenters. The van der Waals surface area contributed by atoms with Crippen molar-refractivity contribution < 1.29 is 43.2 Å². The first-order chi connectivity index (χ1) is 29.4. The normalized spacial score (nSPS) is 23.3. The number of benzene rings is 5. The van der Waals surface area contributed by atoms with Gasteiger partial charge in [-0.15, -0.1) is 0 Å². The zero-order valence-electron chi connectivity index (χ0n) is 32.4. The van der Waals surface area contributed by atoms with Gasteiger partial charge in [-0.1, -0.05) is 114 Å². The standard InChI is InChI=1S/C46H40N4O9S/c1-56-25-26-58-45(55)49-34-21-10-8-19-32(34)46(43(49)54)36(41(52)48-44-47-33-20-9-11-22-35(33)60-44)38-42(53)59-39(29-15-6-3-7-16-29)37(28-13-4-2-5-14-28)50(38)40(46)30-17-12-18-31(27-30)57-24-23-51/h2-22,27,36-40,51H,23-26H2,1H3,(H,47,48,52)/t36-,37-,38-,39+,40+,46-/m0/s1.